The Hall–Kier alpha value is -3.19. The molecule has 0 aliphatic heterocycles. The highest BCUT2D eigenvalue weighted by molar-refractivity contribution is 7.12. The number of thiophene rings is 1. The van der Waals surface area contributed by atoms with E-state index in [1.807, 2.05) is 5.38 Å². The topological polar surface area (TPSA) is 64.6 Å². The SMILES string of the molecule is O=C(CCOc1ccccc1F)Oc1ccc(NC(=O)c2cccs2)cc1. The highest BCUT2D eigenvalue weighted by atomic mass is 32.1. The van der Waals surface area contributed by atoms with Crippen LogP contribution < -0.4 is 14.8 Å². The van der Waals surface area contributed by atoms with Gasteiger partial charge in [-0.1, -0.05) is 18.2 Å². The van der Waals surface area contributed by atoms with Crippen molar-refractivity contribution in [3.63, 3.8) is 0 Å². The highest BCUT2D eigenvalue weighted by Crippen LogP contribution is 2.19. The summed E-state index contributed by atoms with van der Waals surface area (Å²) in [5.74, 6) is -0.732. The first-order valence-corrected chi connectivity index (χ1v) is 9.03. The lowest BCUT2D eigenvalue weighted by Crippen LogP contribution is -2.13. The second-order valence-corrected chi connectivity index (χ2v) is 6.41. The summed E-state index contributed by atoms with van der Waals surface area (Å²) >= 11 is 1.35. The van der Waals surface area contributed by atoms with E-state index in [0.29, 0.717) is 16.3 Å². The van der Waals surface area contributed by atoms with Gasteiger partial charge < -0.3 is 14.8 Å². The molecular formula is C20H16FNO4S. The van der Waals surface area contributed by atoms with Gasteiger partial charge in [-0.3, -0.25) is 9.59 Å². The van der Waals surface area contributed by atoms with E-state index in [0.717, 1.165) is 0 Å². The molecule has 1 aromatic heterocycles. The van der Waals surface area contributed by atoms with Crippen LogP contribution in [0.4, 0.5) is 10.1 Å². The maximum Gasteiger partial charge on any atom is 0.314 e. The zero-order chi connectivity index (χ0) is 19.1. The number of amides is 1. The van der Waals surface area contributed by atoms with E-state index in [-0.39, 0.29) is 24.7 Å². The summed E-state index contributed by atoms with van der Waals surface area (Å²) in [6, 6.07) is 16.0. The van der Waals surface area contributed by atoms with Crippen LogP contribution in [0.1, 0.15) is 16.1 Å². The molecule has 1 heterocycles. The molecule has 0 spiro atoms. The van der Waals surface area contributed by atoms with Gasteiger partial charge in [-0.15, -0.1) is 11.3 Å². The van der Waals surface area contributed by atoms with E-state index < -0.39 is 11.8 Å². The van der Waals surface area contributed by atoms with Crippen molar-refractivity contribution >= 4 is 28.9 Å². The summed E-state index contributed by atoms with van der Waals surface area (Å²) in [5.41, 5.74) is 0.594. The minimum atomic E-state index is -0.498. The first kappa shape index (κ1) is 18.6. The van der Waals surface area contributed by atoms with Gasteiger partial charge in [0.25, 0.3) is 5.91 Å². The van der Waals surface area contributed by atoms with E-state index in [9.17, 15) is 14.0 Å². The van der Waals surface area contributed by atoms with Crippen molar-refractivity contribution in [3.8, 4) is 11.5 Å². The van der Waals surface area contributed by atoms with Crippen LogP contribution in [-0.4, -0.2) is 18.5 Å². The van der Waals surface area contributed by atoms with Crippen LogP contribution in [-0.2, 0) is 4.79 Å². The number of carbonyl (C=O) groups excluding carboxylic acids is 2. The molecule has 7 heteroatoms. The van der Waals surface area contributed by atoms with Crippen molar-refractivity contribution in [1.29, 1.82) is 0 Å². The maximum absolute atomic E-state index is 13.4. The summed E-state index contributed by atoms with van der Waals surface area (Å²) in [7, 11) is 0. The lowest BCUT2D eigenvalue weighted by Gasteiger charge is -2.08. The first-order valence-electron chi connectivity index (χ1n) is 8.15. The van der Waals surface area contributed by atoms with Gasteiger partial charge in [-0.05, 0) is 47.8 Å². The third-order valence-corrected chi connectivity index (χ3v) is 4.36. The van der Waals surface area contributed by atoms with Crippen LogP contribution in [0.3, 0.4) is 0 Å². The summed E-state index contributed by atoms with van der Waals surface area (Å²) in [6.45, 7) is 0.00865. The van der Waals surface area contributed by atoms with E-state index in [4.69, 9.17) is 9.47 Å². The summed E-state index contributed by atoms with van der Waals surface area (Å²) in [6.07, 6.45) is -0.0226. The first-order chi connectivity index (χ1) is 13.1. The molecule has 0 bridgehead atoms. The second-order valence-electron chi connectivity index (χ2n) is 5.46. The Morgan fingerprint density at radius 1 is 1.00 bits per heavy atom. The van der Waals surface area contributed by atoms with Gasteiger partial charge in [0, 0.05) is 5.69 Å². The minimum absolute atomic E-state index is 0.00865. The van der Waals surface area contributed by atoms with Crippen molar-refractivity contribution in [1.82, 2.24) is 0 Å². The predicted molar refractivity (Wildman–Crippen MR) is 101 cm³/mol. The number of benzene rings is 2. The molecule has 2 aromatic carbocycles. The van der Waals surface area contributed by atoms with E-state index in [1.165, 1.54) is 23.5 Å². The van der Waals surface area contributed by atoms with Crippen molar-refractivity contribution in [2.24, 2.45) is 0 Å². The van der Waals surface area contributed by atoms with Crippen LogP contribution in [0.5, 0.6) is 11.5 Å². The van der Waals surface area contributed by atoms with Gasteiger partial charge in [0.1, 0.15) is 5.75 Å². The summed E-state index contributed by atoms with van der Waals surface area (Å²) in [4.78, 5) is 24.4. The quantitative estimate of drug-likeness (QED) is 0.480. The van der Waals surface area contributed by atoms with Crippen molar-refractivity contribution < 1.29 is 23.5 Å². The van der Waals surface area contributed by atoms with Gasteiger partial charge in [-0.2, -0.15) is 0 Å². The zero-order valence-corrected chi connectivity index (χ0v) is 15.0. The molecule has 0 unspecified atom stereocenters. The number of ether oxygens (including phenoxy) is 2. The van der Waals surface area contributed by atoms with E-state index in [2.05, 4.69) is 5.32 Å². The van der Waals surface area contributed by atoms with Gasteiger partial charge in [-0.25, -0.2) is 4.39 Å². The molecule has 3 aromatic rings. The van der Waals surface area contributed by atoms with Crippen LogP contribution in [0.2, 0.25) is 0 Å². The predicted octanol–water partition coefficient (Wildman–Crippen LogP) is 4.51. The lowest BCUT2D eigenvalue weighted by molar-refractivity contribution is -0.134. The average Bonchev–Trinajstić information content (AvgIpc) is 3.20. The molecule has 3 rings (SSSR count). The van der Waals surface area contributed by atoms with Gasteiger partial charge in [0.15, 0.2) is 11.6 Å². The average molecular weight is 385 g/mol. The van der Waals surface area contributed by atoms with Gasteiger partial charge in [0.2, 0.25) is 0 Å². The fourth-order valence-corrected chi connectivity index (χ4v) is 2.81. The normalized spacial score (nSPS) is 10.3. The zero-order valence-electron chi connectivity index (χ0n) is 14.2. The monoisotopic (exact) mass is 385 g/mol. The minimum Gasteiger partial charge on any atom is -0.490 e. The molecule has 0 aliphatic carbocycles. The Labute approximate surface area is 159 Å². The number of hydrogen-bond donors (Lipinski definition) is 1. The molecule has 0 saturated heterocycles. The summed E-state index contributed by atoms with van der Waals surface area (Å²) in [5, 5.41) is 4.58. The molecule has 5 nitrogen and oxygen atoms in total. The standard InChI is InChI=1S/C20H16FNO4S/c21-16-4-1-2-5-17(16)25-12-11-19(23)26-15-9-7-14(8-10-15)22-20(24)18-6-3-13-27-18/h1-10,13H,11-12H2,(H,22,24). The fraction of sp³-hybridized carbons (Fsp3) is 0.100. The second kappa shape index (κ2) is 8.95. The Bertz CT molecular complexity index is 910. The number of para-hydroxylation sites is 1. The number of halogens is 1. The van der Waals surface area contributed by atoms with Crippen molar-refractivity contribution in [2.45, 2.75) is 6.42 Å². The van der Waals surface area contributed by atoms with Crippen LogP contribution in [0.15, 0.2) is 66.0 Å². The molecule has 27 heavy (non-hydrogen) atoms. The van der Waals surface area contributed by atoms with Gasteiger partial charge >= 0.3 is 5.97 Å². The molecule has 0 radical (unpaired) electrons. The lowest BCUT2D eigenvalue weighted by atomic mass is 10.3. The Morgan fingerprint density at radius 3 is 2.48 bits per heavy atom. The van der Waals surface area contributed by atoms with Crippen LogP contribution in [0, 0.1) is 5.82 Å². The number of hydrogen-bond acceptors (Lipinski definition) is 5. The fourth-order valence-electron chi connectivity index (χ4n) is 2.20. The highest BCUT2D eigenvalue weighted by Gasteiger charge is 2.09. The molecule has 0 fully saturated rings. The number of nitrogens with one attached hydrogen (secondary N) is 1. The van der Waals surface area contributed by atoms with E-state index >= 15 is 0 Å². The van der Waals surface area contributed by atoms with Gasteiger partial charge in [0.05, 0.1) is 17.9 Å². The third kappa shape index (κ3) is 5.39. The number of carbonyl (C=O) groups is 2. The molecule has 0 saturated carbocycles. The van der Waals surface area contributed by atoms with Crippen LogP contribution in [0.25, 0.3) is 0 Å². The number of rotatable bonds is 7. The maximum atomic E-state index is 13.4. The van der Waals surface area contributed by atoms with Crippen LogP contribution >= 0.6 is 11.3 Å². The molecule has 138 valence electrons. The largest absolute Gasteiger partial charge is 0.490 e. The summed E-state index contributed by atoms with van der Waals surface area (Å²) < 4.78 is 23.8. The molecular weight excluding hydrogens is 369 g/mol. The third-order valence-electron chi connectivity index (χ3n) is 3.49. The Morgan fingerprint density at radius 2 is 1.78 bits per heavy atom. The number of esters is 1. The van der Waals surface area contributed by atoms with E-state index in [1.54, 1.807) is 48.5 Å². The molecule has 0 aliphatic rings. The Kier molecular flexibility index (Phi) is 6.17. The number of anilines is 1. The smallest absolute Gasteiger partial charge is 0.314 e. The molecule has 0 atom stereocenters. The van der Waals surface area contributed by atoms with Crippen molar-refractivity contribution in [2.75, 3.05) is 11.9 Å². The Balaban J connectivity index is 1.45. The molecule has 1 amide bonds. The molecule has 1 N–H and O–H groups in total. The van der Waals surface area contributed by atoms with Crippen molar-refractivity contribution in [3.05, 3.63) is 76.7 Å².